The highest BCUT2D eigenvalue weighted by Crippen LogP contribution is 2.34. The lowest BCUT2D eigenvalue weighted by molar-refractivity contribution is -0.145. The third kappa shape index (κ3) is 3.76. The van der Waals surface area contributed by atoms with Crippen LogP contribution in [0.5, 0.6) is 0 Å². The van der Waals surface area contributed by atoms with Gasteiger partial charge in [0.15, 0.2) is 0 Å². The van der Waals surface area contributed by atoms with E-state index in [0.29, 0.717) is 6.54 Å². The fourth-order valence-electron chi connectivity index (χ4n) is 3.18. The molecule has 2 aromatic heterocycles. The van der Waals surface area contributed by atoms with Gasteiger partial charge in [-0.2, -0.15) is 0 Å². The fraction of sp³-hybridized carbons (Fsp3) is 0.474. The first-order chi connectivity index (χ1) is 12.3. The number of pyridine rings is 2. The van der Waals surface area contributed by atoms with Gasteiger partial charge in [0.05, 0.1) is 24.1 Å². The van der Waals surface area contributed by atoms with Gasteiger partial charge in [0.25, 0.3) is 0 Å². The Hall–Kier alpha value is -2.70. The number of esters is 1. The molecule has 0 spiro atoms. The van der Waals surface area contributed by atoms with Crippen molar-refractivity contribution >= 4 is 23.1 Å². The Morgan fingerprint density at radius 1 is 1.19 bits per heavy atom. The van der Waals surface area contributed by atoms with Crippen LogP contribution in [-0.2, 0) is 14.3 Å². The van der Waals surface area contributed by atoms with Crippen LogP contribution < -0.4 is 0 Å². The van der Waals surface area contributed by atoms with Crippen LogP contribution in [0.4, 0.5) is 4.79 Å². The number of likely N-dealkylation sites (tertiary alicyclic amines) is 1. The molecule has 7 heteroatoms. The van der Waals surface area contributed by atoms with E-state index in [-0.39, 0.29) is 18.4 Å². The van der Waals surface area contributed by atoms with Crippen molar-refractivity contribution in [3.8, 4) is 0 Å². The molecule has 0 aliphatic carbocycles. The summed E-state index contributed by atoms with van der Waals surface area (Å²) in [7, 11) is 1.36. The van der Waals surface area contributed by atoms with E-state index in [0.717, 1.165) is 16.6 Å². The Labute approximate surface area is 152 Å². The molecule has 0 bridgehead atoms. The van der Waals surface area contributed by atoms with E-state index in [1.54, 1.807) is 17.3 Å². The lowest BCUT2D eigenvalue weighted by Crippen LogP contribution is -2.36. The number of hydrogen-bond donors (Lipinski definition) is 0. The highest BCUT2D eigenvalue weighted by atomic mass is 16.6. The van der Waals surface area contributed by atoms with Crippen LogP contribution in [0.2, 0.25) is 0 Å². The molecule has 0 aromatic carbocycles. The molecule has 2 aromatic rings. The molecule has 2 unspecified atom stereocenters. The Morgan fingerprint density at radius 2 is 1.96 bits per heavy atom. The quantitative estimate of drug-likeness (QED) is 0.769. The molecule has 1 saturated heterocycles. The number of amides is 1. The maximum Gasteiger partial charge on any atom is 0.410 e. The van der Waals surface area contributed by atoms with Crippen LogP contribution in [0.3, 0.4) is 0 Å². The van der Waals surface area contributed by atoms with Crippen LogP contribution in [0.15, 0.2) is 30.6 Å². The van der Waals surface area contributed by atoms with Gasteiger partial charge in [-0.15, -0.1) is 0 Å². The van der Waals surface area contributed by atoms with Gasteiger partial charge in [-0.3, -0.25) is 14.8 Å². The maximum absolute atomic E-state index is 12.4. The topological polar surface area (TPSA) is 81.6 Å². The molecule has 1 amide bonds. The van der Waals surface area contributed by atoms with Crippen LogP contribution in [0.25, 0.3) is 11.0 Å². The summed E-state index contributed by atoms with van der Waals surface area (Å²) in [5, 5.41) is 0. The summed E-state index contributed by atoms with van der Waals surface area (Å²) in [5.41, 5.74) is 1.81. The monoisotopic (exact) mass is 357 g/mol. The number of ether oxygens (including phenoxy) is 2. The van der Waals surface area contributed by atoms with Gasteiger partial charge in [0.2, 0.25) is 0 Å². The predicted octanol–water partition coefficient (Wildman–Crippen LogP) is 2.75. The average Bonchev–Trinajstić information content (AvgIpc) is 3.05. The largest absolute Gasteiger partial charge is 0.469 e. The molecule has 138 valence electrons. The summed E-state index contributed by atoms with van der Waals surface area (Å²) in [4.78, 5) is 35.0. The zero-order chi connectivity index (χ0) is 18.9. The summed E-state index contributed by atoms with van der Waals surface area (Å²) in [6.45, 7) is 6.07. The SMILES string of the molecule is COC(=O)C1CN(C(=O)OC(C)(C)C)CC1c1cnc2cccnc2c1. The first-order valence-corrected chi connectivity index (χ1v) is 8.55. The van der Waals surface area contributed by atoms with Crippen LogP contribution in [-0.4, -0.2) is 52.7 Å². The van der Waals surface area contributed by atoms with Crippen LogP contribution in [0.1, 0.15) is 32.3 Å². The zero-order valence-corrected chi connectivity index (χ0v) is 15.4. The number of carbonyl (C=O) groups is 2. The number of fused-ring (bicyclic) bond motifs is 1. The van der Waals surface area contributed by atoms with Crippen molar-refractivity contribution in [2.75, 3.05) is 20.2 Å². The van der Waals surface area contributed by atoms with Crippen molar-refractivity contribution in [1.82, 2.24) is 14.9 Å². The number of rotatable bonds is 2. The second-order valence-electron chi connectivity index (χ2n) is 7.43. The molecule has 2 atom stereocenters. The molecule has 1 aliphatic heterocycles. The van der Waals surface area contributed by atoms with Crippen molar-refractivity contribution < 1.29 is 19.1 Å². The fourth-order valence-corrected chi connectivity index (χ4v) is 3.18. The van der Waals surface area contributed by atoms with Gasteiger partial charge in [-0.05, 0) is 44.5 Å². The Balaban J connectivity index is 1.89. The molecule has 3 rings (SSSR count). The third-order valence-electron chi connectivity index (χ3n) is 4.38. The van der Waals surface area contributed by atoms with Gasteiger partial charge in [0, 0.05) is 31.4 Å². The number of carbonyl (C=O) groups excluding carboxylic acids is 2. The van der Waals surface area contributed by atoms with Gasteiger partial charge < -0.3 is 14.4 Å². The zero-order valence-electron chi connectivity index (χ0n) is 15.4. The van der Waals surface area contributed by atoms with Gasteiger partial charge >= 0.3 is 12.1 Å². The normalized spacial score (nSPS) is 20.2. The summed E-state index contributed by atoms with van der Waals surface area (Å²) >= 11 is 0. The molecule has 1 fully saturated rings. The predicted molar refractivity (Wildman–Crippen MR) is 95.6 cm³/mol. The third-order valence-corrected chi connectivity index (χ3v) is 4.38. The smallest absolute Gasteiger partial charge is 0.410 e. The molecular weight excluding hydrogens is 334 g/mol. The van der Waals surface area contributed by atoms with E-state index in [9.17, 15) is 9.59 Å². The summed E-state index contributed by atoms with van der Waals surface area (Å²) in [6.07, 6.45) is 3.01. The first kappa shape index (κ1) is 18.1. The maximum atomic E-state index is 12.4. The average molecular weight is 357 g/mol. The number of aromatic nitrogens is 2. The molecule has 26 heavy (non-hydrogen) atoms. The van der Waals surface area contributed by atoms with Gasteiger partial charge in [-0.25, -0.2) is 4.79 Å². The molecule has 0 saturated carbocycles. The van der Waals surface area contributed by atoms with E-state index in [1.165, 1.54) is 7.11 Å². The van der Waals surface area contributed by atoms with Crippen molar-refractivity contribution in [2.45, 2.75) is 32.3 Å². The van der Waals surface area contributed by atoms with Crippen LogP contribution in [0, 0.1) is 5.92 Å². The Morgan fingerprint density at radius 3 is 2.65 bits per heavy atom. The Kier molecular flexibility index (Phi) is 4.80. The Bertz CT molecular complexity index is 831. The molecule has 1 aliphatic rings. The lowest BCUT2D eigenvalue weighted by Gasteiger charge is -2.24. The van der Waals surface area contributed by atoms with Crippen molar-refractivity contribution in [1.29, 1.82) is 0 Å². The minimum atomic E-state index is -0.593. The second-order valence-corrected chi connectivity index (χ2v) is 7.43. The van der Waals surface area contributed by atoms with E-state index in [2.05, 4.69) is 9.97 Å². The number of hydrogen-bond acceptors (Lipinski definition) is 6. The van der Waals surface area contributed by atoms with E-state index >= 15 is 0 Å². The van der Waals surface area contributed by atoms with Gasteiger partial charge in [0.1, 0.15) is 5.60 Å². The van der Waals surface area contributed by atoms with Crippen LogP contribution >= 0.6 is 0 Å². The van der Waals surface area contributed by atoms with Gasteiger partial charge in [-0.1, -0.05) is 0 Å². The highest BCUT2D eigenvalue weighted by molar-refractivity contribution is 5.78. The summed E-state index contributed by atoms with van der Waals surface area (Å²) in [6, 6.07) is 5.62. The van der Waals surface area contributed by atoms with Crippen molar-refractivity contribution in [2.24, 2.45) is 5.92 Å². The first-order valence-electron chi connectivity index (χ1n) is 8.55. The van der Waals surface area contributed by atoms with Crippen molar-refractivity contribution in [3.63, 3.8) is 0 Å². The second kappa shape index (κ2) is 6.90. The van der Waals surface area contributed by atoms with E-state index < -0.39 is 17.6 Å². The van der Waals surface area contributed by atoms with Crippen molar-refractivity contribution in [3.05, 3.63) is 36.2 Å². The standard InChI is InChI=1S/C19H23N3O4/c1-19(2,3)26-18(24)22-10-13(14(11-22)17(23)25-4)12-8-16-15(21-9-12)6-5-7-20-16/h5-9,13-14H,10-11H2,1-4H3. The summed E-state index contributed by atoms with van der Waals surface area (Å²) < 4.78 is 10.4. The highest BCUT2D eigenvalue weighted by Gasteiger charge is 2.42. The van der Waals surface area contributed by atoms with E-state index in [1.807, 2.05) is 39.0 Å². The molecule has 0 radical (unpaired) electrons. The summed E-state index contributed by atoms with van der Waals surface area (Å²) in [5.74, 6) is -1.02. The number of methoxy groups -OCH3 is 1. The minimum absolute atomic E-state index is 0.214. The van der Waals surface area contributed by atoms with E-state index in [4.69, 9.17) is 9.47 Å². The molecule has 3 heterocycles. The molecular formula is C19H23N3O4. The minimum Gasteiger partial charge on any atom is -0.469 e. The molecule has 0 N–H and O–H groups in total. The lowest BCUT2D eigenvalue weighted by atomic mass is 9.90. The molecule has 7 nitrogen and oxygen atoms in total. The number of nitrogens with zero attached hydrogens (tertiary/aromatic N) is 3.